The second-order valence-corrected chi connectivity index (χ2v) is 6.23. The third-order valence-electron chi connectivity index (χ3n) is 4.42. The molecule has 132 valence electrons. The van der Waals surface area contributed by atoms with Crippen LogP contribution in [0.2, 0.25) is 0 Å². The third-order valence-corrected chi connectivity index (χ3v) is 4.42. The van der Waals surface area contributed by atoms with E-state index in [0.717, 1.165) is 36.6 Å². The van der Waals surface area contributed by atoms with Crippen molar-refractivity contribution in [1.29, 1.82) is 0 Å². The lowest BCUT2D eigenvalue weighted by Gasteiger charge is -2.17. The number of pyridine rings is 1. The number of hydrogen-bond acceptors (Lipinski definition) is 4. The van der Waals surface area contributed by atoms with Crippen LogP contribution in [0.1, 0.15) is 25.3 Å². The Balaban J connectivity index is 1.47. The number of carbonyl (C=O) groups is 1. The molecule has 1 N–H and O–H groups in total. The number of carbonyl (C=O) groups excluding carboxylic acids is 1. The fourth-order valence-electron chi connectivity index (χ4n) is 3.18. The molecule has 1 saturated heterocycles. The number of ether oxygens (including phenoxy) is 1. The number of rotatable bonds is 7. The van der Waals surface area contributed by atoms with Gasteiger partial charge in [-0.25, -0.2) is 4.98 Å². The SMILES string of the molecule is CCOc1ccccc1CCC(=O)N[C@H]1CCN(c2ccccn2)C1. The molecule has 0 aliphatic carbocycles. The summed E-state index contributed by atoms with van der Waals surface area (Å²) in [4.78, 5) is 18.9. The number of nitrogens with one attached hydrogen (secondary N) is 1. The highest BCUT2D eigenvalue weighted by Crippen LogP contribution is 2.20. The van der Waals surface area contributed by atoms with E-state index < -0.39 is 0 Å². The average Bonchev–Trinajstić information content (AvgIpc) is 3.10. The maximum Gasteiger partial charge on any atom is 0.220 e. The third kappa shape index (κ3) is 4.72. The van der Waals surface area contributed by atoms with Crippen LogP contribution in [0.25, 0.3) is 0 Å². The number of anilines is 1. The van der Waals surface area contributed by atoms with E-state index in [4.69, 9.17) is 4.74 Å². The molecular formula is C20H25N3O2. The Morgan fingerprint density at radius 3 is 2.92 bits per heavy atom. The number of amides is 1. The molecule has 1 fully saturated rings. The molecule has 2 aromatic rings. The van der Waals surface area contributed by atoms with Gasteiger partial charge in [-0.3, -0.25) is 4.79 Å². The van der Waals surface area contributed by atoms with Crippen molar-refractivity contribution >= 4 is 11.7 Å². The first-order valence-electron chi connectivity index (χ1n) is 8.92. The lowest BCUT2D eigenvalue weighted by molar-refractivity contribution is -0.121. The normalized spacial score (nSPS) is 16.7. The van der Waals surface area contributed by atoms with Gasteiger partial charge in [-0.05, 0) is 43.5 Å². The number of para-hydroxylation sites is 1. The molecule has 0 spiro atoms. The molecular weight excluding hydrogens is 314 g/mol. The zero-order valence-electron chi connectivity index (χ0n) is 14.6. The molecule has 5 nitrogen and oxygen atoms in total. The Bertz CT molecular complexity index is 690. The Kier molecular flexibility index (Phi) is 5.88. The van der Waals surface area contributed by atoms with Gasteiger partial charge in [0, 0.05) is 31.7 Å². The van der Waals surface area contributed by atoms with Crippen molar-refractivity contribution in [1.82, 2.24) is 10.3 Å². The van der Waals surface area contributed by atoms with Crippen LogP contribution in [0.15, 0.2) is 48.7 Å². The van der Waals surface area contributed by atoms with Gasteiger partial charge in [0.25, 0.3) is 0 Å². The summed E-state index contributed by atoms with van der Waals surface area (Å²) in [5.41, 5.74) is 1.08. The fourth-order valence-corrected chi connectivity index (χ4v) is 3.18. The van der Waals surface area contributed by atoms with E-state index in [9.17, 15) is 4.79 Å². The zero-order chi connectivity index (χ0) is 17.5. The largest absolute Gasteiger partial charge is 0.494 e. The van der Waals surface area contributed by atoms with E-state index >= 15 is 0 Å². The molecule has 1 aliphatic heterocycles. The van der Waals surface area contributed by atoms with Crippen molar-refractivity contribution in [3.8, 4) is 5.75 Å². The molecule has 1 atom stereocenters. The Labute approximate surface area is 149 Å². The van der Waals surface area contributed by atoms with Crippen LogP contribution in [0.3, 0.4) is 0 Å². The van der Waals surface area contributed by atoms with E-state index in [0.29, 0.717) is 19.4 Å². The quantitative estimate of drug-likeness (QED) is 0.843. The van der Waals surface area contributed by atoms with Crippen molar-refractivity contribution in [3.63, 3.8) is 0 Å². The summed E-state index contributed by atoms with van der Waals surface area (Å²) < 4.78 is 5.62. The molecule has 5 heteroatoms. The van der Waals surface area contributed by atoms with E-state index in [2.05, 4.69) is 15.2 Å². The molecule has 0 radical (unpaired) electrons. The fraction of sp³-hybridized carbons (Fsp3) is 0.400. The predicted octanol–water partition coefficient (Wildman–Crippen LogP) is 2.81. The molecule has 1 aliphatic rings. The van der Waals surface area contributed by atoms with Crippen LogP contribution in [-0.2, 0) is 11.2 Å². The van der Waals surface area contributed by atoms with Gasteiger partial charge in [0.05, 0.1) is 6.61 Å². The van der Waals surface area contributed by atoms with Gasteiger partial charge in [-0.1, -0.05) is 24.3 Å². The number of aryl methyl sites for hydroxylation is 1. The van der Waals surface area contributed by atoms with E-state index in [-0.39, 0.29) is 11.9 Å². The highest BCUT2D eigenvalue weighted by atomic mass is 16.5. The van der Waals surface area contributed by atoms with E-state index in [1.54, 1.807) is 6.20 Å². The second kappa shape index (κ2) is 8.51. The maximum absolute atomic E-state index is 12.3. The number of aromatic nitrogens is 1. The minimum Gasteiger partial charge on any atom is -0.494 e. The molecule has 0 bridgehead atoms. The topological polar surface area (TPSA) is 54.5 Å². The molecule has 2 heterocycles. The molecule has 3 rings (SSSR count). The first kappa shape index (κ1) is 17.3. The molecule has 0 unspecified atom stereocenters. The van der Waals surface area contributed by atoms with Crippen molar-refractivity contribution in [2.45, 2.75) is 32.2 Å². The molecule has 0 saturated carbocycles. The number of benzene rings is 1. The summed E-state index contributed by atoms with van der Waals surface area (Å²) in [6.07, 6.45) is 3.93. The van der Waals surface area contributed by atoms with Gasteiger partial charge in [-0.15, -0.1) is 0 Å². The van der Waals surface area contributed by atoms with Gasteiger partial charge in [-0.2, -0.15) is 0 Å². The number of nitrogens with zero attached hydrogens (tertiary/aromatic N) is 2. The first-order chi connectivity index (χ1) is 12.3. The first-order valence-corrected chi connectivity index (χ1v) is 8.92. The summed E-state index contributed by atoms with van der Waals surface area (Å²) in [6, 6.07) is 14.0. The summed E-state index contributed by atoms with van der Waals surface area (Å²) >= 11 is 0. The molecule has 1 aromatic carbocycles. The van der Waals surface area contributed by atoms with Crippen molar-refractivity contribution in [3.05, 3.63) is 54.2 Å². The van der Waals surface area contributed by atoms with Crippen molar-refractivity contribution in [2.75, 3.05) is 24.6 Å². The van der Waals surface area contributed by atoms with Crippen LogP contribution in [0.5, 0.6) is 5.75 Å². The second-order valence-electron chi connectivity index (χ2n) is 6.23. The Hall–Kier alpha value is -2.56. The standard InChI is InChI=1S/C20H25N3O2/c1-2-25-18-8-4-3-7-16(18)10-11-20(24)22-17-12-14-23(15-17)19-9-5-6-13-21-19/h3-9,13,17H,2,10-12,14-15H2,1H3,(H,22,24)/t17-/m0/s1. The smallest absolute Gasteiger partial charge is 0.220 e. The molecule has 1 amide bonds. The van der Waals surface area contributed by atoms with Gasteiger partial charge >= 0.3 is 0 Å². The summed E-state index contributed by atoms with van der Waals surface area (Å²) in [6.45, 7) is 4.35. The maximum atomic E-state index is 12.3. The lowest BCUT2D eigenvalue weighted by atomic mass is 10.1. The highest BCUT2D eigenvalue weighted by Gasteiger charge is 2.24. The molecule has 1 aromatic heterocycles. The van der Waals surface area contributed by atoms with Crippen LogP contribution in [0.4, 0.5) is 5.82 Å². The summed E-state index contributed by atoms with van der Waals surface area (Å²) in [5, 5.41) is 3.15. The zero-order valence-corrected chi connectivity index (χ0v) is 14.6. The Morgan fingerprint density at radius 1 is 1.28 bits per heavy atom. The number of hydrogen-bond donors (Lipinski definition) is 1. The van der Waals surface area contributed by atoms with Crippen LogP contribution in [-0.4, -0.2) is 36.6 Å². The van der Waals surface area contributed by atoms with Crippen LogP contribution in [0, 0.1) is 0 Å². The minimum atomic E-state index is 0.0965. The van der Waals surface area contributed by atoms with Crippen molar-refractivity contribution in [2.24, 2.45) is 0 Å². The monoisotopic (exact) mass is 339 g/mol. The van der Waals surface area contributed by atoms with Gasteiger partial charge < -0.3 is 15.0 Å². The summed E-state index contributed by atoms with van der Waals surface area (Å²) in [5.74, 6) is 1.95. The van der Waals surface area contributed by atoms with Gasteiger partial charge in [0.1, 0.15) is 11.6 Å². The van der Waals surface area contributed by atoms with Crippen LogP contribution >= 0.6 is 0 Å². The van der Waals surface area contributed by atoms with E-state index in [1.807, 2.05) is 49.4 Å². The predicted molar refractivity (Wildman–Crippen MR) is 98.9 cm³/mol. The summed E-state index contributed by atoms with van der Waals surface area (Å²) in [7, 11) is 0. The Morgan fingerprint density at radius 2 is 2.12 bits per heavy atom. The van der Waals surface area contributed by atoms with Gasteiger partial charge in [0.2, 0.25) is 5.91 Å². The van der Waals surface area contributed by atoms with E-state index in [1.165, 1.54) is 0 Å². The molecule has 25 heavy (non-hydrogen) atoms. The van der Waals surface area contributed by atoms with Gasteiger partial charge in [0.15, 0.2) is 0 Å². The average molecular weight is 339 g/mol. The minimum absolute atomic E-state index is 0.0965. The van der Waals surface area contributed by atoms with Crippen LogP contribution < -0.4 is 15.0 Å². The lowest BCUT2D eigenvalue weighted by Crippen LogP contribution is -2.37. The van der Waals surface area contributed by atoms with Crippen molar-refractivity contribution < 1.29 is 9.53 Å². The highest BCUT2D eigenvalue weighted by molar-refractivity contribution is 5.76.